The summed E-state index contributed by atoms with van der Waals surface area (Å²) in [5, 5.41) is 5.18. The molecule has 2 heteroatoms. The fourth-order valence-corrected chi connectivity index (χ4v) is 9.93. The summed E-state index contributed by atoms with van der Waals surface area (Å²) in [4.78, 5) is 5.32. The summed E-state index contributed by atoms with van der Waals surface area (Å²) >= 11 is 0. The summed E-state index contributed by atoms with van der Waals surface area (Å²) < 4.78 is 2.28. The Morgan fingerprint density at radius 1 is 0.411 bits per heavy atom. The highest BCUT2D eigenvalue weighted by molar-refractivity contribution is 6.19. The van der Waals surface area contributed by atoms with Crippen LogP contribution >= 0.6 is 0 Å². The Bertz CT molecular complexity index is 3240. The molecule has 10 aromatic rings. The Balaban J connectivity index is 1.16. The smallest absolute Gasteiger partial charge is 0.145 e. The molecule has 0 radical (unpaired) electrons. The van der Waals surface area contributed by atoms with Crippen LogP contribution in [0.5, 0.6) is 0 Å². The van der Waals surface area contributed by atoms with E-state index in [1.54, 1.807) is 0 Å². The van der Waals surface area contributed by atoms with Gasteiger partial charge in [-0.1, -0.05) is 176 Å². The van der Waals surface area contributed by atoms with Gasteiger partial charge in [0.15, 0.2) is 0 Å². The van der Waals surface area contributed by atoms with Crippen molar-refractivity contribution in [3.8, 4) is 39.3 Å². The van der Waals surface area contributed by atoms with E-state index in [1.165, 1.54) is 71.6 Å². The quantitative estimate of drug-likeness (QED) is 0.167. The van der Waals surface area contributed by atoms with E-state index in [2.05, 4.69) is 211 Å². The van der Waals surface area contributed by atoms with E-state index >= 15 is 0 Å². The van der Waals surface area contributed by atoms with Gasteiger partial charge in [-0.25, -0.2) is 4.98 Å². The highest BCUT2D eigenvalue weighted by atomic mass is 15.1. The van der Waals surface area contributed by atoms with Crippen LogP contribution in [0.2, 0.25) is 0 Å². The van der Waals surface area contributed by atoms with Gasteiger partial charge < -0.3 is 0 Å². The van der Waals surface area contributed by atoms with E-state index in [-0.39, 0.29) is 0 Å². The van der Waals surface area contributed by atoms with Gasteiger partial charge in [0.05, 0.1) is 16.4 Å². The van der Waals surface area contributed by atoms with E-state index in [0.717, 1.165) is 33.7 Å². The molecule has 2 nitrogen and oxygen atoms in total. The van der Waals surface area contributed by atoms with Crippen molar-refractivity contribution in [2.75, 3.05) is 0 Å². The number of benzene rings is 9. The molecule has 0 bridgehead atoms. The molecule has 1 aromatic heterocycles. The number of aromatic nitrogens is 2. The van der Waals surface area contributed by atoms with Crippen molar-refractivity contribution in [1.29, 1.82) is 0 Å². The number of hydrogen-bond acceptors (Lipinski definition) is 1. The minimum atomic E-state index is -0.569. The molecule has 0 N–H and O–H groups in total. The van der Waals surface area contributed by atoms with Crippen LogP contribution in [0.1, 0.15) is 33.4 Å². The van der Waals surface area contributed by atoms with Crippen LogP contribution in [0.25, 0.3) is 84.1 Å². The van der Waals surface area contributed by atoms with Crippen molar-refractivity contribution in [3.05, 3.63) is 228 Å². The number of hydrogen-bond donors (Lipinski definition) is 0. The lowest BCUT2D eigenvalue weighted by Gasteiger charge is -2.36. The normalized spacial score (nSPS) is 15.1. The molecule has 56 heavy (non-hydrogen) atoms. The SMILES string of the molecule is C1=Cc2ccc(-c3ccc4c(c3)nc(-c3ccccc3)n4-c3ccccc3)cc2C2(c3ccccc31)c1ccccc1-c1c2c2ccccc2c2ccccc12. The monoisotopic (exact) mass is 710 g/mol. The summed E-state index contributed by atoms with van der Waals surface area (Å²) in [7, 11) is 0. The maximum absolute atomic E-state index is 5.32. The third-order valence-electron chi connectivity index (χ3n) is 12.2. The Morgan fingerprint density at radius 3 is 1.80 bits per heavy atom. The predicted octanol–water partition coefficient (Wildman–Crippen LogP) is 13.5. The molecule has 1 spiro atoms. The molecule has 0 fully saturated rings. The lowest BCUT2D eigenvalue weighted by Crippen LogP contribution is -2.30. The third-order valence-corrected chi connectivity index (χ3v) is 12.2. The van der Waals surface area contributed by atoms with Gasteiger partial charge in [0.25, 0.3) is 0 Å². The Labute approximate surface area is 325 Å². The zero-order valence-corrected chi connectivity index (χ0v) is 30.5. The van der Waals surface area contributed by atoms with Crippen LogP contribution in [0.15, 0.2) is 194 Å². The van der Waals surface area contributed by atoms with Crippen LogP contribution < -0.4 is 0 Å². The maximum Gasteiger partial charge on any atom is 0.145 e. The first kappa shape index (κ1) is 31.1. The second-order valence-electron chi connectivity index (χ2n) is 15.0. The van der Waals surface area contributed by atoms with Crippen molar-refractivity contribution >= 4 is 44.7 Å². The standard InChI is InChI=1S/C54H34N2/c1-3-16-37(17-4-1)53-55-49-34-39(31-32-50(49)56(53)40-18-5-2-6-19-40)38-30-29-36-28-27-35-15-7-13-25-46(35)54(48(36)33-38)47-26-14-12-24-45(47)51-43-22-10-8-20-41(43)42-21-9-11-23-44(42)52(51)54/h1-34H. The van der Waals surface area contributed by atoms with Gasteiger partial charge in [-0.2, -0.15) is 0 Å². The molecule has 260 valence electrons. The van der Waals surface area contributed by atoms with Crippen molar-refractivity contribution < 1.29 is 0 Å². The van der Waals surface area contributed by atoms with E-state index in [1.807, 2.05) is 0 Å². The van der Waals surface area contributed by atoms with Crippen molar-refractivity contribution in [1.82, 2.24) is 9.55 Å². The second-order valence-corrected chi connectivity index (χ2v) is 15.0. The molecule has 1 unspecified atom stereocenters. The molecule has 1 atom stereocenters. The Hall–Kier alpha value is -7.29. The molecular weight excluding hydrogens is 677 g/mol. The molecule has 1 heterocycles. The van der Waals surface area contributed by atoms with Crippen LogP contribution in [-0.4, -0.2) is 9.55 Å². The molecule has 0 saturated carbocycles. The zero-order valence-electron chi connectivity index (χ0n) is 30.5. The third kappa shape index (κ3) is 4.24. The molecule has 2 aliphatic carbocycles. The van der Waals surface area contributed by atoms with Gasteiger partial charge in [-0.3, -0.25) is 4.57 Å². The van der Waals surface area contributed by atoms with E-state index in [0.29, 0.717) is 0 Å². The van der Waals surface area contributed by atoms with Gasteiger partial charge in [0.1, 0.15) is 5.82 Å². The second kappa shape index (κ2) is 11.9. The van der Waals surface area contributed by atoms with Gasteiger partial charge >= 0.3 is 0 Å². The number of nitrogens with zero attached hydrogens (tertiary/aromatic N) is 2. The van der Waals surface area contributed by atoms with Crippen LogP contribution in [0.3, 0.4) is 0 Å². The van der Waals surface area contributed by atoms with Gasteiger partial charge in [0.2, 0.25) is 0 Å². The number of rotatable bonds is 3. The molecule has 2 aliphatic rings. The lowest BCUT2D eigenvalue weighted by molar-refractivity contribution is 0.774. The maximum atomic E-state index is 5.32. The van der Waals surface area contributed by atoms with E-state index in [9.17, 15) is 0 Å². The first-order valence-corrected chi connectivity index (χ1v) is 19.4. The molecule has 0 saturated heterocycles. The Morgan fingerprint density at radius 2 is 1.00 bits per heavy atom. The number of fused-ring (bicyclic) bond motifs is 15. The number of para-hydroxylation sites is 1. The topological polar surface area (TPSA) is 17.8 Å². The minimum Gasteiger partial charge on any atom is -0.292 e. The van der Waals surface area contributed by atoms with Crippen molar-refractivity contribution in [3.63, 3.8) is 0 Å². The fourth-order valence-electron chi connectivity index (χ4n) is 9.93. The average Bonchev–Trinajstić information content (AvgIpc) is 3.76. The van der Waals surface area contributed by atoms with Crippen molar-refractivity contribution in [2.45, 2.75) is 5.41 Å². The highest BCUT2D eigenvalue weighted by Crippen LogP contribution is 2.62. The van der Waals surface area contributed by atoms with Gasteiger partial charge in [-0.15, -0.1) is 0 Å². The predicted molar refractivity (Wildman–Crippen MR) is 233 cm³/mol. The van der Waals surface area contributed by atoms with E-state index in [4.69, 9.17) is 4.98 Å². The van der Waals surface area contributed by atoms with Crippen LogP contribution in [0.4, 0.5) is 0 Å². The van der Waals surface area contributed by atoms with Crippen LogP contribution in [-0.2, 0) is 5.41 Å². The molecular formula is C54H34N2. The molecule has 0 aliphatic heterocycles. The van der Waals surface area contributed by atoms with Crippen LogP contribution in [0, 0.1) is 0 Å². The average molecular weight is 711 g/mol. The summed E-state index contributed by atoms with van der Waals surface area (Å²) in [6.45, 7) is 0. The first-order valence-electron chi connectivity index (χ1n) is 19.4. The summed E-state index contributed by atoms with van der Waals surface area (Å²) in [6.07, 6.45) is 4.65. The fraction of sp³-hybridized carbons (Fsp3) is 0.0185. The zero-order chi connectivity index (χ0) is 36.8. The summed E-state index contributed by atoms with van der Waals surface area (Å²) in [5.74, 6) is 0.935. The Kier molecular flexibility index (Phi) is 6.58. The summed E-state index contributed by atoms with van der Waals surface area (Å²) in [5.41, 5.74) is 16.4. The van der Waals surface area contributed by atoms with Gasteiger partial charge in [0, 0.05) is 11.3 Å². The van der Waals surface area contributed by atoms with E-state index < -0.39 is 5.41 Å². The lowest BCUT2D eigenvalue weighted by atomic mass is 9.64. The number of imidazole rings is 1. The largest absolute Gasteiger partial charge is 0.292 e. The van der Waals surface area contributed by atoms with Crippen molar-refractivity contribution in [2.24, 2.45) is 0 Å². The summed E-state index contributed by atoms with van der Waals surface area (Å²) in [6, 6.07) is 71.2. The van der Waals surface area contributed by atoms with Gasteiger partial charge in [-0.05, 0) is 108 Å². The molecule has 9 aromatic carbocycles. The molecule has 0 amide bonds. The minimum absolute atomic E-state index is 0.569. The first-order chi connectivity index (χ1) is 27.8. The highest BCUT2D eigenvalue weighted by Gasteiger charge is 2.50. The molecule has 12 rings (SSSR count).